The zero-order valence-electron chi connectivity index (χ0n) is 14.0. The maximum absolute atomic E-state index is 12.3. The summed E-state index contributed by atoms with van der Waals surface area (Å²) >= 11 is 3.06. The smallest absolute Gasteiger partial charge is 0.339 e. The summed E-state index contributed by atoms with van der Waals surface area (Å²) < 4.78 is 12.7. The number of fused-ring (bicyclic) bond motifs is 1. The van der Waals surface area contributed by atoms with E-state index in [4.69, 9.17) is 9.15 Å². The van der Waals surface area contributed by atoms with Gasteiger partial charge in [-0.15, -0.1) is 11.3 Å². The Balaban J connectivity index is 1.27. The van der Waals surface area contributed by atoms with Gasteiger partial charge in [-0.1, -0.05) is 23.9 Å². The van der Waals surface area contributed by atoms with E-state index in [2.05, 4.69) is 4.98 Å². The van der Waals surface area contributed by atoms with Crippen molar-refractivity contribution >= 4 is 39.2 Å². The third-order valence-electron chi connectivity index (χ3n) is 3.96. The molecule has 0 saturated carbocycles. The van der Waals surface area contributed by atoms with Crippen molar-refractivity contribution in [2.75, 3.05) is 18.8 Å². The Morgan fingerprint density at radius 3 is 2.96 bits per heavy atom. The number of amides is 1. The van der Waals surface area contributed by atoms with Crippen LogP contribution in [0.1, 0.15) is 5.76 Å². The highest BCUT2D eigenvalue weighted by atomic mass is 32.2. The molecule has 134 valence electrons. The molecule has 1 aliphatic rings. The van der Waals surface area contributed by atoms with Crippen LogP contribution >= 0.6 is 23.1 Å². The minimum atomic E-state index is -0.431. The summed E-state index contributed by atoms with van der Waals surface area (Å²) in [5.41, 5.74) is 0.534. The number of para-hydroxylation sites is 1. The number of thioether (sulfide) groups is 1. The quantitative estimate of drug-likeness (QED) is 0.626. The number of nitrogens with zero attached hydrogens (tertiary/aromatic N) is 2. The highest BCUT2D eigenvalue weighted by Crippen LogP contribution is 2.29. The molecule has 1 aliphatic heterocycles. The second-order valence-electron chi connectivity index (χ2n) is 6.00. The van der Waals surface area contributed by atoms with Gasteiger partial charge < -0.3 is 14.1 Å². The first-order valence-electron chi connectivity index (χ1n) is 8.11. The Kier molecular flexibility index (Phi) is 4.69. The number of carbonyl (C=O) groups excluding carboxylic acids is 1. The molecule has 0 bridgehead atoms. The van der Waals surface area contributed by atoms with Crippen molar-refractivity contribution in [3.05, 3.63) is 52.6 Å². The third-order valence-corrected chi connectivity index (χ3v) is 6.13. The third kappa shape index (κ3) is 3.76. The molecular weight excluding hydrogens is 372 g/mol. The first-order valence-corrected chi connectivity index (χ1v) is 9.91. The Hall–Kier alpha value is -2.32. The lowest BCUT2D eigenvalue weighted by Gasteiger charge is -2.38. The van der Waals surface area contributed by atoms with E-state index in [0.717, 1.165) is 14.6 Å². The molecule has 3 heterocycles. The summed E-state index contributed by atoms with van der Waals surface area (Å²) in [6, 6.07) is 10.9. The first kappa shape index (κ1) is 17.1. The Labute approximate surface area is 157 Å². The van der Waals surface area contributed by atoms with Crippen LogP contribution in [0.15, 0.2) is 49.9 Å². The number of benzene rings is 1. The summed E-state index contributed by atoms with van der Waals surface area (Å²) in [7, 11) is 0. The lowest BCUT2D eigenvalue weighted by molar-refractivity contribution is -0.137. The molecule has 1 fully saturated rings. The molecule has 3 aromatic rings. The monoisotopic (exact) mass is 388 g/mol. The van der Waals surface area contributed by atoms with Crippen molar-refractivity contribution in [3.63, 3.8) is 0 Å². The van der Waals surface area contributed by atoms with E-state index in [1.807, 2.05) is 24.3 Å². The normalized spacial score (nSPS) is 14.4. The average molecular weight is 388 g/mol. The predicted molar refractivity (Wildman–Crippen MR) is 101 cm³/mol. The van der Waals surface area contributed by atoms with E-state index in [1.165, 1.54) is 17.8 Å². The van der Waals surface area contributed by atoms with Gasteiger partial charge in [0.1, 0.15) is 17.6 Å². The number of carbonyl (C=O) groups is 1. The van der Waals surface area contributed by atoms with Gasteiger partial charge in [0.2, 0.25) is 5.91 Å². The van der Waals surface area contributed by atoms with Gasteiger partial charge in [0.05, 0.1) is 35.1 Å². The van der Waals surface area contributed by atoms with Crippen LogP contribution in [-0.2, 0) is 4.79 Å². The number of aryl methyl sites for hydroxylation is 1. The lowest BCUT2D eigenvalue weighted by atomic mass is 10.1. The van der Waals surface area contributed by atoms with Crippen molar-refractivity contribution in [3.8, 4) is 5.75 Å². The van der Waals surface area contributed by atoms with E-state index in [9.17, 15) is 9.59 Å². The Morgan fingerprint density at radius 1 is 1.38 bits per heavy atom. The molecule has 0 spiro atoms. The molecule has 4 rings (SSSR count). The largest absolute Gasteiger partial charge is 0.486 e. The number of ether oxygens (including phenoxy) is 1. The van der Waals surface area contributed by atoms with Crippen molar-refractivity contribution in [1.82, 2.24) is 9.88 Å². The van der Waals surface area contributed by atoms with Crippen molar-refractivity contribution in [2.45, 2.75) is 17.4 Å². The molecule has 8 heteroatoms. The SMILES string of the molecule is Cc1cc(OC2CN(C(=O)CSc3nc4ccccc4s3)C2)cc(=O)o1. The molecule has 0 radical (unpaired) electrons. The molecule has 1 amide bonds. The lowest BCUT2D eigenvalue weighted by Crippen LogP contribution is -2.56. The second-order valence-corrected chi connectivity index (χ2v) is 8.25. The number of rotatable bonds is 5. The van der Waals surface area contributed by atoms with E-state index in [-0.39, 0.29) is 12.0 Å². The molecule has 0 atom stereocenters. The fraction of sp³-hybridized carbons (Fsp3) is 0.278. The number of hydrogen-bond donors (Lipinski definition) is 0. The molecule has 0 unspecified atom stereocenters. The van der Waals surface area contributed by atoms with Gasteiger partial charge in [-0.2, -0.15) is 0 Å². The van der Waals surface area contributed by atoms with Crippen LogP contribution in [0.5, 0.6) is 5.75 Å². The van der Waals surface area contributed by atoms with Crippen LogP contribution in [0.4, 0.5) is 0 Å². The van der Waals surface area contributed by atoms with Crippen molar-refractivity contribution < 1.29 is 13.9 Å². The Morgan fingerprint density at radius 2 is 2.19 bits per heavy atom. The summed E-state index contributed by atoms with van der Waals surface area (Å²) in [5, 5.41) is 0. The van der Waals surface area contributed by atoms with Gasteiger partial charge in [-0.05, 0) is 19.1 Å². The van der Waals surface area contributed by atoms with Gasteiger partial charge in [0.15, 0.2) is 4.34 Å². The van der Waals surface area contributed by atoms with Crippen molar-refractivity contribution in [2.24, 2.45) is 0 Å². The molecule has 0 aliphatic carbocycles. The summed E-state index contributed by atoms with van der Waals surface area (Å²) in [6.07, 6.45) is -0.0902. The van der Waals surface area contributed by atoms with Gasteiger partial charge in [-0.25, -0.2) is 9.78 Å². The number of aromatic nitrogens is 1. The number of hydrogen-bond acceptors (Lipinski definition) is 7. The highest BCUT2D eigenvalue weighted by Gasteiger charge is 2.32. The fourth-order valence-electron chi connectivity index (χ4n) is 2.68. The molecule has 1 saturated heterocycles. The minimum Gasteiger partial charge on any atom is -0.486 e. The van der Waals surface area contributed by atoms with E-state index >= 15 is 0 Å². The standard InChI is InChI=1S/C18H16N2O4S2/c1-11-6-12(7-17(22)23-11)24-13-8-20(9-13)16(21)10-25-18-19-14-4-2-3-5-15(14)26-18/h2-7,13H,8-10H2,1H3. The van der Waals surface area contributed by atoms with Gasteiger partial charge >= 0.3 is 5.63 Å². The van der Waals surface area contributed by atoms with Gasteiger partial charge in [0.25, 0.3) is 0 Å². The molecule has 2 aromatic heterocycles. The molecule has 6 nitrogen and oxygen atoms in total. The van der Waals surface area contributed by atoms with E-state index < -0.39 is 5.63 Å². The molecule has 0 N–H and O–H groups in total. The zero-order valence-corrected chi connectivity index (χ0v) is 15.6. The molecule has 26 heavy (non-hydrogen) atoms. The maximum atomic E-state index is 12.3. The Bertz CT molecular complexity index is 975. The van der Waals surface area contributed by atoms with Gasteiger partial charge in [0, 0.05) is 6.07 Å². The van der Waals surface area contributed by atoms with Crippen LogP contribution in [0.25, 0.3) is 10.2 Å². The van der Waals surface area contributed by atoms with Crippen LogP contribution in [-0.4, -0.2) is 40.7 Å². The first-order chi connectivity index (χ1) is 12.6. The minimum absolute atomic E-state index is 0.0675. The summed E-state index contributed by atoms with van der Waals surface area (Å²) in [5.74, 6) is 1.42. The van der Waals surface area contributed by atoms with E-state index in [0.29, 0.717) is 30.4 Å². The van der Waals surface area contributed by atoms with E-state index in [1.54, 1.807) is 29.2 Å². The van der Waals surface area contributed by atoms with Crippen LogP contribution < -0.4 is 10.4 Å². The summed E-state index contributed by atoms with van der Waals surface area (Å²) in [4.78, 5) is 29.9. The number of thiazole rings is 1. The zero-order chi connectivity index (χ0) is 18.1. The highest BCUT2D eigenvalue weighted by molar-refractivity contribution is 8.01. The van der Waals surface area contributed by atoms with Gasteiger partial charge in [-0.3, -0.25) is 4.79 Å². The van der Waals surface area contributed by atoms with Crippen LogP contribution in [0.3, 0.4) is 0 Å². The topological polar surface area (TPSA) is 72.6 Å². The average Bonchev–Trinajstić information content (AvgIpc) is 2.97. The van der Waals surface area contributed by atoms with Crippen molar-refractivity contribution in [1.29, 1.82) is 0 Å². The predicted octanol–water partition coefficient (Wildman–Crippen LogP) is 2.94. The molecule has 1 aromatic carbocycles. The second kappa shape index (κ2) is 7.13. The molecular formula is C18H16N2O4S2. The maximum Gasteiger partial charge on any atom is 0.339 e. The fourth-order valence-corrected chi connectivity index (χ4v) is 4.65. The number of likely N-dealkylation sites (tertiary alicyclic amines) is 1. The van der Waals surface area contributed by atoms with Crippen LogP contribution in [0.2, 0.25) is 0 Å². The summed E-state index contributed by atoms with van der Waals surface area (Å²) in [6.45, 7) is 2.75. The van der Waals surface area contributed by atoms with Crippen LogP contribution in [0, 0.1) is 6.92 Å².